The van der Waals surface area contributed by atoms with Gasteiger partial charge in [-0.2, -0.15) is 0 Å². The molecule has 3 amide bonds. The molecule has 3 atom stereocenters. The Morgan fingerprint density at radius 2 is 1.97 bits per heavy atom. The van der Waals surface area contributed by atoms with Crippen molar-refractivity contribution in [2.45, 2.75) is 42.1 Å². The van der Waals surface area contributed by atoms with E-state index in [1.165, 1.54) is 11.8 Å². The summed E-state index contributed by atoms with van der Waals surface area (Å²) in [5.41, 5.74) is 3.23. The summed E-state index contributed by atoms with van der Waals surface area (Å²) >= 11 is 1.42. The normalized spacial score (nSPS) is 22.2. The molecule has 0 bridgehead atoms. The van der Waals surface area contributed by atoms with Gasteiger partial charge < -0.3 is 25.0 Å². The fourth-order valence-electron chi connectivity index (χ4n) is 5.60. The fraction of sp³-hybridized carbons (Fsp3) is 0.345. The number of amides is 3. The van der Waals surface area contributed by atoms with Crippen LogP contribution < -0.4 is 25.0 Å². The number of pyridine rings is 1. The number of ether oxygens (including phenoxy) is 2. The van der Waals surface area contributed by atoms with E-state index < -0.39 is 11.3 Å². The summed E-state index contributed by atoms with van der Waals surface area (Å²) in [7, 11) is 3.68. The van der Waals surface area contributed by atoms with Crippen LogP contribution in [0.2, 0.25) is 0 Å². The number of aryl methyl sites for hydroxylation is 1. The number of aromatic nitrogens is 1. The molecule has 2 aromatic carbocycles. The van der Waals surface area contributed by atoms with E-state index in [0.29, 0.717) is 17.2 Å². The highest BCUT2D eigenvalue weighted by atomic mass is 32.2. The number of carbonyl (C=O) groups excluding carboxylic acids is 2. The van der Waals surface area contributed by atoms with E-state index in [2.05, 4.69) is 27.6 Å². The van der Waals surface area contributed by atoms with Gasteiger partial charge in [-0.05, 0) is 75.3 Å². The quantitative estimate of drug-likeness (QED) is 0.460. The zero-order chi connectivity index (χ0) is 27.1. The van der Waals surface area contributed by atoms with Crippen molar-refractivity contribution in [3.8, 4) is 17.2 Å². The zero-order valence-corrected chi connectivity index (χ0v) is 23.0. The molecule has 0 saturated carbocycles. The molecule has 1 aromatic heterocycles. The summed E-state index contributed by atoms with van der Waals surface area (Å²) < 4.78 is 11.5. The number of hydrogen-bond donors (Lipinski definition) is 2. The second kappa shape index (κ2) is 10.4. The van der Waals surface area contributed by atoms with Crippen molar-refractivity contribution in [2.75, 3.05) is 32.1 Å². The number of nitrogens with zero attached hydrogens (tertiary/aromatic N) is 3. The number of likely N-dealkylation sites (N-methyl/N-ethyl adjacent to an activating group) is 1. The summed E-state index contributed by atoms with van der Waals surface area (Å²) in [5, 5.41) is 6.63. The van der Waals surface area contributed by atoms with Crippen molar-refractivity contribution >= 4 is 35.1 Å². The van der Waals surface area contributed by atoms with E-state index in [4.69, 9.17) is 9.47 Å². The van der Waals surface area contributed by atoms with E-state index in [1.807, 2.05) is 55.5 Å². The Morgan fingerprint density at radius 1 is 1.15 bits per heavy atom. The predicted octanol–water partition coefficient (Wildman–Crippen LogP) is 4.78. The third-order valence-electron chi connectivity index (χ3n) is 7.44. The summed E-state index contributed by atoms with van der Waals surface area (Å²) in [6.07, 6.45) is 3.72. The maximum Gasteiger partial charge on any atom is 0.327 e. The summed E-state index contributed by atoms with van der Waals surface area (Å²) in [6.45, 7) is 3.82. The molecule has 1 fully saturated rings. The lowest BCUT2D eigenvalue weighted by atomic mass is 9.98. The van der Waals surface area contributed by atoms with Gasteiger partial charge in [0.2, 0.25) is 5.91 Å². The number of hydrogen-bond acceptors (Lipinski definition) is 7. The number of urea groups is 1. The van der Waals surface area contributed by atoms with Gasteiger partial charge in [-0.25, -0.2) is 9.78 Å². The molecule has 202 valence electrons. The monoisotopic (exact) mass is 545 g/mol. The topological polar surface area (TPSA) is 96.0 Å². The Bertz CT molecular complexity index is 1430. The standard InChI is InChI=1S/C29H31N5O4S/c1-17-15-19(38-23-9-5-4-8-22(23)37-3)10-11-20(17)34-21-12-13-30-28-24(21)25(32-29(34)36)26(39-28)27(35)31-18-7-6-14-33(2)16-18/h4-5,8-13,15,18,25-26H,6-7,14,16H2,1-3H3,(H,31,35)(H,32,36). The largest absolute Gasteiger partial charge is 0.493 e. The predicted molar refractivity (Wildman–Crippen MR) is 150 cm³/mol. The number of nitrogens with one attached hydrogen (secondary N) is 2. The Balaban J connectivity index is 1.26. The smallest absolute Gasteiger partial charge is 0.327 e. The highest BCUT2D eigenvalue weighted by molar-refractivity contribution is 8.01. The molecule has 10 heteroatoms. The molecule has 1 saturated heterocycles. The molecule has 0 aliphatic carbocycles. The van der Waals surface area contributed by atoms with Crippen molar-refractivity contribution in [1.82, 2.24) is 20.5 Å². The fourth-order valence-corrected chi connectivity index (χ4v) is 6.84. The molecule has 39 heavy (non-hydrogen) atoms. The number of piperidine rings is 1. The lowest BCUT2D eigenvalue weighted by Gasteiger charge is -2.35. The molecule has 3 aliphatic rings. The lowest BCUT2D eigenvalue weighted by molar-refractivity contribution is -0.122. The van der Waals surface area contributed by atoms with Crippen LogP contribution in [0, 0.1) is 6.92 Å². The number of methoxy groups -OCH3 is 1. The molecular weight excluding hydrogens is 514 g/mol. The van der Waals surface area contributed by atoms with Gasteiger partial charge in [0.15, 0.2) is 11.5 Å². The number of benzene rings is 2. The Kier molecular flexibility index (Phi) is 6.82. The number of anilines is 2. The van der Waals surface area contributed by atoms with Crippen LogP contribution in [0.1, 0.15) is 30.0 Å². The van der Waals surface area contributed by atoms with Crippen LogP contribution in [0.25, 0.3) is 0 Å². The molecule has 3 unspecified atom stereocenters. The van der Waals surface area contributed by atoms with Crippen LogP contribution in [0.5, 0.6) is 17.2 Å². The second-order valence-electron chi connectivity index (χ2n) is 10.2. The minimum atomic E-state index is -0.468. The van der Waals surface area contributed by atoms with Crippen molar-refractivity contribution in [3.05, 3.63) is 65.9 Å². The van der Waals surface area contributed by atoms with E-state index in [-0.39, 0.29) is 18.0 Å². The van der Waals surface area contributed by atoms with Crippen molar-refractivity contribution in [2.24, 2.45) is 0 Å². The molecule has 3 aromatic rings. The number of likely N-dealkylation sites (tertiary alicyclic amines) is 1. The summed E-state index contributed by atoms with van der Waals surface area (Å²) in [5.74, 6) is 1.83. The Hall–Kier alpha value is -3.76. The van der Waals surface area contributed by atoms with Gasteiger partial charge in [-0.3, -0.25) is 9.69 Å². The lowest BCUT2D eigenvalue weighted by Crippen LogP contribution is -2.52. The van der Waals surface area contributed by atoms with Gasteiger partial charge in [0.25, 0.3) is 0 Å². The van der Waals surface area contributed by atoms with Crippen LogP contribution in [0.15, 0.2) is 59.8 Å². The van der Waals surface area contributed by atoms with Gasteiger partial charge in [0.05, 0.1) is 24.5 Å². The highest BCUT2D eigenvalue weighted by Gasteiger charge is 2.47. The number of para-hydroxylation sites is 2. The first-order valence-corrected chi connectivity index (χ1v) is 14.0. The minimum absolute atomic E-state index is 0.0583. The third kappa shape index (κ3) is 4.79. The summed E-state index contributed by atoms with van der Waals surface area (Å²) in [6, 6.07) is 14.3. The van der Waals surface area contributed by atoms with Crippen LogP contribution in [-0.4, -0.2) is 60.4 Å². The van der Waals surface area contributed by atoms with E-state index in [0.717, 1.165) is 53.5 Å². The SMILES string of the molecule is COc1ccccc1Oc1ccc(N2C(=O)NC3c4c2ccnc4SC3C(=O)NC2CCCN(C)C2)c(C)c1. The van der Waals surface area contributed by atoms with Crippen molar-refractivity contribution in [3.63, 3.8) is 0 Å². The molecular formula is C29H31N5O4S. The van der Waals surface area contributed by atoms with Crippen molar-refractivity contribution in [1.29, 1.82) is 0 Å². The van der Waals surface area contributed by atoms with Crippen LogP contribution in [-0.2, 0) is 4.79 Å². The molecule has 0 radical (unpaired) electrons. The van der Waals surface area contributed by atoms with E-state index >= 15 is 0 Å². The number of carbonyl (C=O) groups is 2. The van der Waals surface area contributed by atoms with Gasteiger partial charge in [0.1, 0.15) is 16.0 Å². The molecule has 0 spiro atoms. The zero-order valence-electron chi connectivity index (χ0n) is 22.1. The first-order valence-electron chi connectivity index (χ1n) is 13.1. The minimum Gasteiger partial charge on any atom is -0.493 e. The first-order chi connectivity index (χ1) is 18.9. The number of rotatable bonds is 6. The van der Waals surface area contributed by atoms with E-state index in [1.54, 1.807) is 18.2 Å². The number of thioether (sulfide) groups is 1. The highest BCUT2D eigenvalue weighted by Crippen LogP contribution is 2.51. The molecule has 9 nitrogen and oxygen atoms in total. The van der Waals surface area contributed by atoms with Gasteiger partial charge in [0, 0.05) is 24.3 Å². The van der Waals surface area contributed by atoms with Crippen LogP contribution >= 0.6 is 11.8 Å². The van der Waals surface area contributed by atoms with Crippen molar-refractivity contribution < 1.29 is 19.1 Å². The Morgan fingerprint density at radius 3 is 2.74 bits per heavy atom. The average molecular weight is 546 g/mol. The maximum absolute atomic E-state index is 13.6. The third-order valence-corrected chi connectivity index (χ3v) is 8.73. The van der Waals surface area contributed by atoms with E-state index in [9.17, 15) is 9.59 Å². The van der Waals surface area contributed by atoms with Crippen LogP contribution in [0.3, 0.4) is 0 Å². The maximum atomic E-state index is 13.6. The van der Waals surface area contributed by atoms with Gasteiger partial charge in [-0.1, -0.05) is 23.9 Å². The van der Waals surface area contributed by atoms with Gasteiger partial charge in [-0.15, -0.1) is 0 Å². The first kappa shape index (κ1) is 25.5. The average Bonchev–Trinajstić information content (AvgIpc) is 3.29. The second-order valence-corrected chi connectivity index (χ2v) is 11.3. The molecule has 3 aliphatic heterocycles. The van der Waals surface area contributed by atoms with Crippen LogP contribution in [0.4, 0.5) is 16.2 Å². The molecule has 4 heterocycles. The van der Waals surface area contributed by atoms with Gasteiger partial charge >= 0.3 is 6.03 Å². The summed E-state index contributed by atoms with van der Waals surface area (Å²) in [4.78, 5) is 35.4. The molecule has 2 N–H and O–H groups in total. The Labute approximate surface area is 231 Å². The molecule has 6 rings (SSSR count).